The molecule has 3 atom stereocenters. The van der Waals surface area contributed by atoms with Crippen LogP contribution in [-0.2, 0) is 0 Å². The zero-order valence-electron chi connectivity index (χ0n) is 13.2. The minimum atomic E-state index is -0.436. The fraction of sp³-hybridized carbons (Fsp3) is 0.647. The number of rotatable bonds is 3. The highest BCUT2D eigenvalue weighted by molar-refractivity contribution is 5.61. The van der Waals surface area contributed by atoms with Crippen LogP contribution in [0.3, 0.4) is 0 Å². The molecular weight excluding hydrogens is 264 g/mol. The van der Waals surface area contributed by atoms with Crippen molar-refractivity contribution in [3.63, 3.8) is 0 Å². The second kappa shape index (κ2) is 5.85. The van der Waals surface area contributed by atoms with Gasteiger partial charge in [-0.05, 0) is 43.0 Å². The van der Waals surface area contributed by atoms with Crippen LogP contribution >= 0.6 is 0 Å². The van der Waals surface area contributed by atoms with Gasteiger partial charge in [0.1, 0.15) is 11.9 Å². The van der Waals surface area contributed by atoms with Gasteiger partial charge in [0.2, 0.25) is 0 Å². The molecule has 0 aromatic heterocycles. The van der Waals surface area contributed by atoms with Crippen molar-refractivity contribution in [3.8, 4) is 5.75 Å². The second-order valence-electron chi connectivity index (χ2n) is 6.66. The average Bonchev–Trinajstić information content (AvgIpc) is 3.00. The molecule has 2 aliphatic rings. The summed E-state index contributed by atoms with van der Waals surface area (Å²) >= 11 is 0. The smallest absolute Gasteiger partial charge is 0.143 e. The van der Waals surface area contributed by atoms with Crippen LogP contribution in [0.4, 0.5) is 5.69 Å². The molecule has 1 saturated heterocycles. The first-order chi connectivity index (χ1) is 10.1. The Morgan fingerprint density at radius 2 is 2.19 bits per heavy atom. The molecule has 0 saturated carbocycles. The first-order valence-electron chi connectivity index (χ1n) is 7.99. The van der Waals surface area contributed by atoms with Crippen molar-refractivity contribution in [1.82, 2.24) is 5.32 Å². The van der Waals surface area contributed by atoms with Crippen molar-refractivity contribution in [2.45, 2.75) is 44.9 Å². The Bertz CT molecular complexity index is 498. The highest BCUT2D eigenvalue weighted by Gasteiger charge is 2.28. The zero-order chi connectivity index (χ0) is 15.0. The maximum atomic E-state index is 10.5. The molecule has 3 unspecified atom stereocenters. The minimum Gasteiger partial charge on any atom is -0.486 e. The quantitative estimate of drug-likeness (QED) is 0.897. The molecule has 4 nitrogen and oxygen atoms in total. The van der Waals surface area contributed by atoms with Crippen LogP contribution in [-0.4, -0.2) is 37.4 Å². The molecule has 2 aliphatic heterocycles. The summed E-state index contributed by atoms with van der Waals surface area (Å²) in [6.45, 7) is 6.28. The van der Waals surface area contributed by atoms with Gasteiger partial charge >= 0.3 is 0 Å². The van der Waals surface area contributed by atoms with E-state index in [1.807, 2.05) is 12.1 Å². The third-order valence-electron chi connectivity index (χ3n) is 4.69. The predicted octanol–water partition coefficient (Wildman–Crippen LogP) is 2.33. The molecule has 116 valence electrons. The van der Waals surface area contributed by atoms with E-state index in [4.69, 9.17) is 4.74 Å². The van der Waals surface area contributed by atoms with E-state index in [0.29, 0.717) is 5.92 Å². The number of hydrogen-bond acceptors (Lipinski definition) is 4. The summed E-state index contributed by atoms with van der Waals surface area (Å²) in [7, 11) is 2.10. The number of aliphatic hydroxyl groups is 1. The Balaban J connectivity index is 1.83. The first-order valence-corrected chi connectivity index (χ1v) is 7.99. The summed E-state index contributed by atoms with van der Waals surface area (Å²) in [5.41, 5.74) is 2.06. The van der Waals surface area contributed by atoms with Crippen molar-refractivity contribution in [3.05, 3.63) is 23.8 Å². The summed E-state index contributed by atoms with van der Waals surface area (Å²) < 4.78 is 6.09. The SMILES string of the molecule is CC(C)C1CN(C)c2cc(C(O)C3CCCN3)ccc2O1. The summed E-state index contributed by atoms with van der Waals surface area (Å²) in [5.74, 6) is 1.42. The number of nitrogens with zero attached hydrogens (tertiary/aromatic N) is 1. The van der Waals surface area contributed by atoms with Crippen LogP contribution < -0.4 is 15.0 Å². The van der Waals surface area contributed by atoms with Gasteiger partial charge in [0, 0.05) is 13.1 Å². The Labute approximate surface area is 127 Å². The van der Waals surface area contributed by atoms with Crippen molar-refractivity contribution >= 4 is 5.69 Å². The summed E-state index contributed by atoms with van der Waals surface area (Å²) in [4.78, 5) is 2.24. The Kier molecular flexibility index (Phi) is 4.09. The van der Waals surface area contributed by atoms with Crippen LogP contribution in [0.25, 0.3) is 0 Å². The third-order valence-corrected chi connectivity index (χ3v) is 4.69. The van der Waals surface area contributed by atoms with Crippen LogP contribution in [0.2, 0.25) is 0 Å². The Morgan fingerprint density at radius 3 is 2.86 bits per heavy atom. The predicted molar refractivity (Wildman–Crippen MR) is 85.0 cm³/mol. The number of ether oxygens (including phenoxy) is 1. The lowest BCUT2D eigenvalue weighted by Crippen LogP contribution is -2.40. The van der Waals surface area contributed by atoms with Gasteiger partial charge in [0.25, 0.3) is 0 Å². The zero-order valence-corrected chi connectivity index (χ0v) is 13.2. The van der Waals surface area contributed by atoms with E-state index in [9.17, 15) is 5.11 Å². The van der Waals surface area contributed by atoms with E-state index < -0.39 is 6.10 Å². The number of fused-ring (bicyclic) bond motifs is 1. The fourth-order valence-corrected chi connectivity index (χ4v) is 3.25. The molecular formula is C17H26N2O2. The lowest BCUT2D eigenvalue weighted by Gasteiger charge is -2.36. The van der Waals surface area contributed by atoms with Gasteiger partial charge < -0.3 is 20.1 Å². The number of aliphatic hydroxyl groups excluding tert-OH is 1. The van der Waals surface area contributed by atoms with Crippen LogP contribution in [0.1, 0.15) is 38.4 Å². The van der Waals surface area contributed by atoms with Crippen LogP contribution in [0, 0.1) is 5.92 Å². The summed E-state index contributed by atoms with van der Waals surface area (Å²) in [6.07, 6.45) is 1.98. The lowest BCUT2D eigenvalue weighted by molar-refractivity contribution is 0.135. The molecule has 1 aromatic carbocycles. The van der Waals surface area contributed by atoms with E-state index >= 15 is 0 Å². The molecule has 4 heteroatoms. The second-order valence-corrected chi connectivity index (χ2v) is 6.66. The largest absolute Gasteiger partial charge is 0.486 e. The van der Waals surface area contributed by atoms with E-state index in [-0.39, 0.29) is 12.1 Å². The molecule has 2 N–H and O–H groups in total. The Hall–Kier alpha value is -1.26. The standard InChI is InChI=1S/C17H26N2O2/c1-11(2)16-10-19(3)14-9-12(6-7-15(14)21-16)17(20)13-5-4-8-18-13/h6-7,9,11,13,16-18,20H,4-5,8,10H2,1-3H3. The van der Waals surface area contributed by atoms with E-state index in [1.54, 1.807) is 0 Å². The number of nitrogens with one attached hydrogen (secondary N) is 1. The van der Waals surface area contributed by atoms with Crippen LogP contribution in [0.5, 0.6) is 5.75 Å². The monoisotopic (exact) mass is 290 g/mol. The molecule has 1 aromatic rings. The molecule has 1 fully saturated rings. The average molecular weight is 290 g/mol. The lowest BCUT2D eigenvalue weighted by atomic mass is 9.98. The molecule has 0 aliphatic carbocycles. The van der Waals surface area contributed by atoms with E-state index in [0.717, 1.165) is 42.9 Å². The number of likely N-dealkylation sites (N-methyl/N-ethyl adjacent to an activating group) is 1. The molecule has 21 heavy (non-hydrogen) atoms. The van der Waals surface area contributed by atoms with Gasteiger partial charge in [-0.3, -0.25) is 0 Å². The molecule has 0 radical (unpaired) electrons. The molecule has 3 rings (SSSR count). The van der Waals surface area contributed by atoms with Gasteiger partial charge in [0.15, 0.2) is 0 Å². The fourth-order valence-electron chi connectivity index (χ4n) is 3.25. The van der Waals surface area contributed by atoms with Gasteiger partial charge in [-0.2, -0.15) is 0 Å². The maximum absolute atomic E-state index is 10.5. The molecule has 0 amide bonds. The topological polar surface area (TPSA) is 44.7 Å². The number of benzene rings is 1. The van der Waals surface area contributed by atoms with Crippen molar-refractivity contribution in [2.24, 2.45) is 5.92 Å². The Morgan fingerprint density at radius 1 is 1.38 bits per heavy atom. The number of hydrogen-bond donors (Lipinski definition) is 2. The van der Waals surface area contributed by atoms with Crippen LogP contribution in [0.15, 0.2) is 18.2 Å². The summed E-state index contributed by atoms with van der Waals surface area (Å²) in [6, 6.07) is 6.27. The van der Waals surface area contributed by atoms with E-state index in [2.05, 4.69) is 37.2 Å². The normalized spacial score (nSPS) is 26.6. The minimum absolute atomic E-state index is 0.182. The van der Waals surface area contributed by atoms with E-state index in [1.165, 1.54) is 0 Å². The van der Waals surface area contributed by atoms with Crippen molar-refractivity contribution < 1.29 is 9.84 Å². The highest BCUT2D eigenvalue weighted by atomic mass is 16.5. The van der Waals surface area contributed by atoms with Gasteiger partial charge in [-0.25, -0.2) is 0 Å². The molecule has 0 spiro atoms. The number of anilines is 1. The van der Waals surface area contributed by atoms with Crippen molar-refractivity contribution in [2.75, 3.05) is 25.0 Å². The summed E-state index contributed by atoms with van der Waals surface area (Å²) in [5, 5.41) is 13.9. The molecule has 2 heterocycles. The van der Waals surface area contributed by atoms with Crippen molar-refractivity contribution in [1.29, 1.82) is 0 Å². The molecule has 0 bridgehead atoms. The highest BCUT2D eigenvalue weighted by Crippen LogP contribution is 2.37. The van der Waals surface area contributed by atoms with Gasteiger partial charge in [-0.1, -0.05) is 19.9 Å². The van der Waals surface area contributed by atoms with Gasteiger partial charge in [-0.15, -0.1) is 0 Å². The maximum Gasteiger partial charge on any atom is 0.143 e. The van der Waals surface area contributed by atoms with Gasteiger partial charge in [0.05, 0.1) is 18.3 Å². The first kappa shape index (κ1) is 14.7. The third kappa shape index (κ3) is 2.87.